The highest BCUT2D eigenvalue weighted by molar-refractivity contribution is 5.80. The molecule has 3 fully saturated rings. The minimum Gasteiger partial charge on any atom is -0.444 e. The molecule has 0 unspecified atom stereocenters. The van der Waals surface area contributed by atoms with Gasteiger partial charge in [0.1, 0.15) is 5.60 Å². The summed E-state index contributed by atoms with van der Waals surface area (Å²) in [5, 5.41) is 3.20. The van der Waals surface area contributed by atoms with E-state index in [1.165, 1.54) is 0 Å². The molecule has 1 N–H and O–H groups in total. The molecule has 0 aliphatic carbocycles. The fourth-order valence-electron chi connectivity index (χ4n) is 3.97. The lowest BCUT2D eigenvalue weighted by Crippen LogP contribution is -2.42. The van der Waals surface area contributed by atoms with E-state index in [1.807, 2.05) is 20.8 Å². The third kappa shape index (κ3) is 4.21. The highest BCUT2D eigenvalue weighted by Crippen LogP contribution is 2.38. The lowest BCUT2D eigenvalue weighted by atomic mass is 9.88. The van der Waals surface area contributed by atoms with Gasteiger partial charge in [-0.05, 0) is 59.3 Å². The number of carbonyl (C=O) groups is 2. The predicted molar refractivity (Wildman–Crippen MR) is 89.6 cm³/mol. The van der Waals surface area contributed by atoms with Crippen LogP contribution in [0.3, 0.4) is 0 Å². The molecular formula is C18H30N2O4. The molecule has 4 atom stereocenters. The van der Waals surface area contributed by atoms with Gasteiger partial charge < -0.3 is 19.7 Å². The number of likely N-dealkylation sites (tertiary alicyclic amines) is 1. The van der Waals surface area contributed by atoms with Crippen LogP contribution in [-0.4, -0.2) is 53.8 Å². The van der Waals surface area contributed by atoms with E-state index >= 15 is 0 Å². The van der Waals surface area contributed by atoms with Crippen LogP contribution in [0.5, 0.6) is 0 Å². The minimum atomic E-state index is -0.473. The van der Waals surface area contributed by atoms with Crippen molar-refractivity contribution < 1.29 is 19.1 Å². The van der Waals surface area contributed by atoms with Gasteiger partial charge in [0.05, 0.1) is 18.1 Å². The maximum Gasteiger partial charge on any atom is 0.410 e. The molecule has 0 spiro atoms. The number of nitrogens with zero attached hydrogens (tertiary/aromatic N) is 1. The summed E-state index contributed by atoms with van der Waals surface area (Å²) < 4.78 is 11.2. The lowest BCUT2D eigenvalue weighted by Gasteiger charge is -2.26. The Labute approximate surface area is 144 Å². The van der Waals surface area contributed by atoms with Crippen molar-refractivity contribution >= 4 is 12.0 Å². The summed E-state index contributed by atoms with van der Waals surface area (Å²) in [5.74, 6) is 0.159. The number of amides is 2. The number of hydrogen-bond acceptors (Lipinski definition) is 4. The predicted octanol–water partition coefficient (Wildman–Crippen LogP) is 2.46. The van der Waals surface area contributed by atoms with Crippen molar-refractivity contribution in [3.63, 3.8) is 0 Å². The Hall–Kier alpha value is -1.30. The summed E-state index contributed by atoms with van der Waals surface area (Å²) in [4.78, 5) is 26.5. The standard InChI is InChI=1S/C18H30N2O4/c1-18(2,3)24-17(22)20-9-4-5-12(8-10-20)19-16(21)14-11-13-6-7-15(14)23-13/h12-15H,4-11H2,1-3H3,(H,19,21)/t12-,13+,14+,15+/m0/s1. The smallest absolute Gasteiger partial charge is 0.410 e. The average Bonchev–Trinajstić information content (AvgIpc) is 3.04. The molecular weight excluding hydrogens is 308 g/mol. The first kappa shape index (κ1) is 17.5. The van der Waals surface area contributed by atoms with Crippen LogP contribution in [-0.2, 0) is 14.3 Å². The molecule has 2 amide bonds. The molecule has 0 aromatic heterocycles. The molecule has 3 aliphatic rings. The Kier molecular flexibility index (Phi) is 5.04. The molecule has 2 bridgehead atoms. The number of carbonyl (C=O) groups excluding carboxylic acids is 2. The molecule has 3 heterocycles. The maximum atomic E-state index is 12.5. The first-order valence-corrected chi connectivity index (χ1v) is 9.25. The van der Waals surface area contributed by atoms with Crippen LogP contribution in [0.4, 0.5) is 4.79 Å². The van der Waals surface area contributed by atoms with E-state index in [9.17, 15) is 9.59 Å². The fraction of sp³-hybridized carbons (Fsp3) is 0.889. The third-order valence-electron chi connectivity index (χ3n) is 5.17. The molecule has 24 heavy (non-hydrogen) atoms. The van der Waals surface area contributed by atoms with E-state index in [-0.39, 0.29) is 30.1 Å². The highest BCUT2D eigenvalue weighted by Gasteiger charge is 2.44. The van der Waals surface area contributed by atoms with Gasteiger partial charge in [0.2, 0.25) is 5.91 Å². The van der Waals surface area contributed by atoms with E-state index in [0.29, 0.717) is 19.2 Å². The Morgan fingerprint density at radius 2 is 1.92 bits per heavy atom. The number of hydrogen-bond donors (Lipinski definition) is 1. The molecule has 6 heteroatoms. The summed E-state index contributed by atoms with van der Waals surface area (Å²) in [6.07, 6.45) is 5.73. The first-order valence-electron chi connectivity index (χ1n) is 9.25. The largest absolute Gasteiger partial charge is 0.444 e. The molecule has 136 valence electrons. The van der Waals surface area contributed by atoms with Crippen molar-refractivity contribution in [2.75, 3.05) is 13.1 Å². The van der Waals surface area contributed by atoms with Crippen molar-refractivity contribution in [3.8, 4) is 0 Å². The fourth-order valence-corrected chi connectivity index (χ4v) is 3.97. The van der Waals surface area contributed by atoms with Gasteiger partial charge in [-0.3, -0.25) is 4.79 Å². The van der Waals surface area contributed by atoms with Crippen molar-refractivity contribution in [2.45, 2.75) is 83.1 Å². The summed E-state index contributed by atoms with van der Waals surface area (Å²) in [5.41, 5.74) is -0.473. The quantitative estimate of drug-likeness (QED) is 0.840. The minimum absolute atomic E-state index is 0.0222. The molecule has 3 rings (SSSR count). The van der Waals surface area contributed by atoms with Gasteiger partial charge in [0, 0.05) is 19.1 Å². The zero-order valence-corrected chi connectivity index (χ0v) is 15.0. The Bertz CT molecular complexity index is 488. The number of rotatable bonds is 2. The summed E-state index contributed by atoms with van der Waals surface area (Å²) in [7, 11) is 0. The molecule has 3 saturated heterocycles. The normalized spacial score (nSPS) is 33.2. The maximum absolute atomic E-state index is 12.5. The second kappa shape index (κ2) is 6.90. The Morgan fingerprint density at radius 1 is 1.12 bits per heavy atom. The van der Waals surface area contributed by atoms with Crippen molar-refractivity contribution in [2.24, 2.45) is 5.92 Å². The van der Waals surface area contributed by atoms with Crippen LogP contribution >= 0.6 is 0 Å². The molecule has 3 aliphatic heterocycles. The zero-order chi connectivity index (χ0) is 17.3. The van der Waals surface area contributed by atoms with Crippen LogP contribution in [0, 0.1) is 5.92 Å². The van der Waals surface area contributed by atoms with Gasteiger partial charge in [-0.1, -0.05) is 0 Å². The number of fused-ring (bicyclic) bond motifs is 2. The number of ether oxygens (including phenoxy) is 2. The van der Waals surface area contributed by atoms with Crippen molar-refractivity contribution in [3.05, 3.63) is 0 Å². The van der Waals surface area contributed by atoms with Crippen LogP contribution in [0.1, 0.15) is 59.3 Å². The lowest BCUT2D eigenvalue weighted by molar-refractivity contribution is -0.127. The van der Waals surface area contributed by atoms with Crippen LogP contribution in [0.15, 0.2) is 0 Å². The van der Waals surface area contributed by atoms with Gasteiger partial charge >= 0.3 is 6.09 Å². The number of nitrogens with one attached hydrogen (secondary N) is 1. The highest BCUT2D eigenvalue weighted by atomic mass is 16.6. The molecule has 0 aromatic rings. The van der Waals surface area contributed by atoms with Gasteiger partial charge in [0.25, 0.3) is 0 Å². The molecule has 6 nitrogen and oxygen atoms in total. The van der Waals surface area contributed by atoms with E-state index in [2.05, 4.69) is 5.32 Å². The van der Waals surface area contributed by atoms with Gasteiger partial charge in [0.15, 0.2) is 0 Å². The Balaban J connectivity index is 1.47. The van der Waals surface area contributed by atoms with Crippen molar-refractivity contribution in [1.29, 1.82) is 0 Å². The van der Waals surface area contributed by atoms with E-state index in [4.69, 9.17) is 9.47 Å². The third-order valence-corrected chi connectivity index (χ3v) is 5.17. The van der Waals surface area contributed by atoms with Gasteiger partial charge in [-0.15, -0.1) is 0 Å². The Morgan fingerprint density at radius 3 is 2.54 bits per heavy atom. The zero-order valence-electron chi connectivity index (χ0n) is 15.0. The second-order valence-electron chi connectivity index (χ2n) is 8.32. The van der Waals surface area contributed by atoms with Crippen molar-refractivity contribution in [1.82, 2.24) is 10.2 Å². The topological polar surface area (TPSA) is 67.9 Å². The van der Waals surface area contributed by atoms with Crippen LogP contribution in [0.25, 0.3) is 0 Å². The SMILES string of the molecule is CC(C)(C)OC(=O)N1CCC[C@H](NC(=O)[C@@H]2C[C@H]3CC[C@H]2O3)CC1. The van der Waals surface area contributed by atoms with Crippen LogP contribution in [0.2, 0.25) is 0 Å². The summed E-state index contributed by atoms with van der Waals surface area (Å²) in [6.45, 7) is 6.96. The van der Waals surface area contributed by atoms with E-state index in [0.717, 1.165) is 38.5 Å². The van der Waals surface area contributed by atoms with E-state index in [1.54, 1.807) is 4.90 Å². The van der Waals surface area contributed by atoms with Gasteiger partial charge in [-0.2, -0.15) is 0 Å². The second-order valence-corrected chi connectivity index (χ2v) is 8.32. The molecule has 0 saturated carbocycles. The monoisotopic (exact) mass is 338 g/mol. The summed E-state index contributed by atoms with van der Waals surface area (Å²) >= 11 is 0. The van der Waals surface area contributed by atoms with E-state index < -0.39 is 5.60 Å². The van der Waals surface area contributed by atoms with Gasteiger partial charge in [-0.25, -0.2) is 4.79 Å². The van der Waals surface area contributed by atoms with Crippen LogP contribution < -0.4 is 5.32 Å². The molecule has 0 aromatic carbocycles. The first-order chi connectivity index (χ1) is 11.3. The summed E-state index contributed by atoms with van der Waals surface area (Å²) in [6, 6.07) is 0.143. The molecule has 0 radical (unpaired) electrons. The average molecular weight is 338 g/mol.